The standard InChI is InChI=1S/C10H9FO3/c1-6-7(5-12)3-8(11)4-9(6)10(13)14-2/h3-5H,1-2H3. The Hall–Kier alpha value is -1.71. The largest absolute Gasteiger partial charge is 0.465 e. The third-order valence-corrected chi connectivity index (χ3v) is 1.94. The maximum atomic E-state index is 12.9. The number of ether oxygens (including phenoxy) is 1. The van der Waals surface area contributed by atoms with E-state index in [9.17, 15) is 14.0 Å². The van der Waals surface area contributed by atoms with E-state index in [1.807, 2.05) is 0 Å². The minimum absolute atomic E-state index is 0.0783. The number of aldehydes is 1. The van der Waals surface area contributed by atoms with Gasteiger partial charge >= 0.3 is 5.97 Å². The Morgan fingerprint density at radius 3 is 2.64 bits per heavy atom. The molecule has 0 saturated heterocycles. The molecule has 0 saturated carbocycles. The van der Waals surface area contributed by atoms with Gasteiger partial charge in [0.15, 0.2) is 0 Å². The summed E-state index contributed by atoms with van der Waals surface area (Å²) < 4.78 is 17.4. The van der Waals surface area contributed by atoms with Gasteiger partial charge < -0.3 is 4.74 Å². The molecule has 0 radical (unpaired) electrons. The van der Waals surface area contributed by atoms with E-state index in [0.717, 1.165) is 12.1 Å². The van der Waals surface area contributed by atoms with Crippen LogP contribution < -0.4 is 0 Å². The number of hydrogen-bond donors (Lipinski definition) is 0. The van der Waals surface area contributed by atoms with Gasteiger partial charge in [0, 0.05) is 5.56 Å². The first-order valence-corrected chi connectivity index (χ1v) is 3.93. The van der Waals surface area contributed by atoms with Crippen LogP contribution in [0.3, 0.4) is 0 Å². The van der Waals surface area contributed by atoms with Gasteiger partial charge in [-0.2, -0.15) is 0 Å². The van der Waals surface area contributed by atoms with Crippen LogP contribution in [0.5, 0.6) is 0 Å². The highest BCUT2D eigenvalue weighted by molar-refractivity contribution is 5.94. The van der Waals surface area contributed by atoms with Crippen molar-refractivity contribution in [3.8, 4) is 0 Å². The molecule has 0 aromatic heterocycles. The molecule has 0 atom stereocenters. The molecule has 0 unspecified atom stereocenters. The number of esters is 1. The van der Waals surface area contributed by atoms with Crippen LogP contribution >= 0.6 is 0 Å². The Kier molecular flexibility index (Phi) is 2.96. The second kappa shape index (κ2) is 4.00. The first-order chi connectivity index (χ1) is 6.60. The highest BCUT2D eigenvalue weighted by Crippen LogP contribution is 2.15. The van der Waals surface area contributed by atoms with E-state index in [0.29, 0.717) is 11.8 Å². The van der Waals surface area contributed by atoms with Crippen molar-refractivity contribution in [2.45, 2.75) is 6.92 Å². The first-order valence-electron chi connectivity index (χ1n) is 3.93. The number of hydrogen-bond acceptors (Lipinski definition) is 3. The van der Waals surface area contributed by atoms with Gasteiger partial charge in [-0.3, -0.25) is 4.79 Å². The average Bonchev–Trinajstić information content (AvgIpc) is 2.19. The topological polar surface area (TPSA) is 43.4 Å². The van der Waals surface area contributed by atoms with E-state index in [1.54, 1.807) is 6.92 Å². The van der Waals surface area contributed by atoms with Crippen LogP contribution in [-0.4, -0.2) is 19.4 Å². The van der Waals surface area contributed by atoms with E-state index >= 15 is 0 Å². The van der Waals surface area contributed by atoms with Gasteiger partial charge in [-0.25, -0.2) is 9.18 Å². The predicted octanol–water partition coefficient (Wildman–Crippen LogP) is 1.73. The Morgan fingerprint density at radius 2 is 2.14 bits per heavy atom. The van der Waals surface area contributed by atoms with Crippen LogP contribution in [0.2, 0.25) is 0 Å². The van der Waals surface area contributed by atoms with E-state index < -0.39 is 11.8 Å². The smallest absolute Gasteiger partial charge is 0.338 e. The highest BCUT2D eigenvalue weighted by atomic mass is 19.1. The minimum atomic E-state index is -0.648. The first kappa shape index (κ1) is 10.4. The Labute approximate surface area is 80.5 Å². The number of methoxy groups -OCH3 is 1. The van der Waals surface area contributed by atoms with Gasteiger partial charge in [-0.15, -0.1) is 0 Å². The van der Waals surface area contributed by atoms with Gasteiger partial charge in [0.2, 0.25) is 0 Å². The maximum Gasteiger partial charge on any atom is 0.338 e. The van der Waals surface area contributed by atoms with Crippen LogP contribution in [0.15, 0.2) is 12.1 Å². The average molecular weight is 196 g/mol. The van der Waals surface area contributed by atoms with E-state index in [1.165, 1.54) is 7.11 Å². The van der Waals surface area contributed by atoms with Crippen molar-refractivity contribution in [1.29, 1.82) is 0 Å². The van der Waals surface area contributed by atoms with Crippen molar-refractivity contribution in [2.24, 2.45) is 0 Å². The number of halogens is 1. The molecule has 0 aliphatic heterocycles. The van der Waals surface area contributed by atoms with Crippen LogP contribution in [0.25, 0.3) is 0 Å². The highest BCUT2D eigenvalue weighted by Gasteiger charge is 2.13. The summed E-state index contributed by atoms with van der Waals surface area (Å²) in [5.74, 6) is -1.27. The summed E-state index contributed by atoms with van der Waals surface area (Å²) in [5, 5.41) is 0. The quantitative estimate of drug-likeness (QED) is 0.534. The fourth-order valence-corrected chi connectivity index (χ4v) is 1.14. The van der Waals surface area contributed by atoms with E-state index in [4.69, 9.17) is 0 Å². The van der Waals surface area contributed by atoms with Crippen molar-refractivity contribution in [3.05, 3.63) is 34.6 Å². The van der Waals surface area contributed by atoms with Crippen molar-refractivity contribution in [2.75, 3.05) is 7.11 Å². The summed E-state index contributed by atoms with van der Waals surface area (Å²) >= 11 is 0. The zero-order valence-electron chi connectivity index (χ0n) is 7.83. The van der Waals surface area contributed by atoms with Gasteiger partial charge in [0.1, 0.15) is 12.1 Å². The van der Waals surface area contributed by atoms with Crippen LogP contribution in [0.1, 0.15) is 26.3 Å². The molecular weight excluding hydrogens is 187 g/mol. The lowest BCUT2D eigenvalue weighted by atomic mass is 10.0. The molecule has 0 bridgehead atoms. The Bertz CT molecular complexity index is 385. The zero-order valence-corrected chi connectivity index (χ0v) is 7.83. The lowest BCUT2D eigenvalue weighted by Crippen LogP contribution is -2.06. The fourth-order valence-electron chi connectivity index (χ4n) is 1.14. The normalized spacial score (nSPS) is 9.64. The van der Waals surface area contributed by atoms with Gasteiger partial charge in [0.25, 0.3) is 0 Å². The molecule has 0 aliphatic rings. The van der Waals surface area contributed by atoms with Crippen LogP contribution in [0, 0.1) is 12.7 Å². The predicted molar refractivity (Wildman–Crippen MR) is 47.9 cm³/mol. The molecule has 1 aromatic rings. The Morgan fingerprint density at radius 1 is 1.50 bits per heavy atom. The van der Waals surface area contributed by atoms with Crippen molar-refractivity contribution in [1.82, 2.24) is 0 Å². The van der Waals surface area contributed by atoms with Gasteiger partial charge in [-0.1, -0.05) is 0 Å². The molecule has 3 nitrogen and oxygen atoms in total. The number of benzene rings is 1. The fraction of sp³-hybridized carbons (Fsp3) is 0.200. The zero-order chi connectivity index (χ0) is 10.7. The summed E-state index contributed by atoms with van der Waals surface area (Å²) in [5.41, 5.74) is 0.660. The van der Waals surface area contributed by atoms with E-state index in [-0.39, 0.29) is 11.1 Å². The van der Waals surface area contributed by atoms with Crippen molar-refractivity contribution < 1.29 is 18.7 Å². The third-order valence-electron chi connectivity index (χ3n) is 1.94. The molecule has 0 aliphatic carbocycles. The summed E-state index contributed by atoms with van der Waals surface area (Å²) in [6.45, 7) is 1.56. The second-order valence-corrected chi connectivity index (χ2v) is 2.78. The van der Waals surface area contributed by atoms with Crippen LogP contribution in [0.4, 0.5) is 4.39 Å². The van der Waals surface area contributed by atoms with Crippen molar-refractivity contribution in [3.63, 3.8) is 0 Å². The molecule has 0 amide bonds. The second-order valence-electron chi connectivity index (χ2n) is 2.78. The molecule has 0 heterocycles. The summed E-state index contributed by atoms with van der Waals surface area (Å²) in [6, 6.07) is 2.13. The molecule has 0 spiro atoms. The summed E-state index contributed by atoms with van der Waals surface area (Å²) in [4.78, 5) is 21.7. The molecule has 1 aromatic carbocycles. The third kappa shape index (κ3) is 1.79. The van der Waals surface area contributed by atoms with E-state index in [2.05, 4.69) is 4.74 Å². The molecule has 14 heavy (non-hydrogen) atoms. The SMILES string of the molecule is COC(=O)c1cc(F)cc(C=O)c1C. The summed E-state index contributed by atoms with van der Waals surface area (Å²) in [7, 11) is 1.20. The molecule has 1 rings (SSSR count). The van der Waals surface area contributed by atoms with Gasteiger partial charge in [-0.05, 0) is 24.6 Å². The molecule has 0 N–H and O–H groups in total. The monoisotopic (exact) mass is 196 g/mol. The maximum absolute atomic E-state index is 12.9. The summed E-state index contributed by atoms with van der Waals surface area (Å²) in [6.07, 6.45) is 0.505. The lowest BCUT2D eigenvalue weighted by Gasteiger charge is -2.05. The minimum Gasteiger partial charge on any atom is -0.465 e. The number of carbonyl (C=O) groups excluding carboxylic acids is 2. The lowest BCUT2D eigenvalue weighted by molar-refractivity contribution is 0.0599. The van der Waals surface area contributed by atoms with Crippen molar-refractivity contribution >= 4 is 12.3 Å². The van der Waals surface area contributed by atoms with Gasteiger partial charge in [0.05, 0.1) is 12.7 Å². The van der Waals surface area contributed by atoms with Crippen LogP contribution in [-0.2, 0) is 4.74 Å². The number of carbonyl (C=O) groups is 2. The number of rotatable bonds is 2. The molecule has 74 valence electrons. The molecule has 4 heteroatoms. The molecular formula is C10H9FO3. The molecule has 0 fully saturated rings. The Balaban J connectivity index is 3.36.